The van der Waals surface area contributed by atoms with Gasteiger partial charge in [0, 0.05) is 18.3 Å². The van der Waals surface area contributed by atoms with E-state index in [1.807, 2.05) is 19.1 Å². The van der Waals surface area contributed by atoms with Gasteiger partial charge in [-0.3, -0.25) is 0 Å². The number of fused-ring (bicyclic) bond motifs is 1. The van der Waals surface area contributed by atoms with Crippen LogP contribution < -0.4 is 10.0 Å². The van der Waals surface area contributed by atoms with Crippen LogP contribution in [0.25, 0.3) is 0 Å². The second-order valence-electron chi connectivity index (χ2n) is 6.30. The van der Waals surface area contributed by atoms with Crippen LogP contribution in [-0.4, -0.2) is 21.0 Å². The standard InChI is InChI=1S/C16H24N2O2S/c1-12(13-5-2-3-6-13)18-21(19,20)15-8-9-16-14(11-15)7-4-10-17-16/h8-9,11-13,17-18H,2-7,10H2,1H3. The van der Waals surface area contributed by atoms with Gasteiger partial charge in [-0.25, -0.2) is 13.1 Å². The van der Waals surface area contributed by atoms with E-state index in [4.69, 9.17) is 0 Å². The first kappa shape index (κ1) is 14.9. The van der Waals surface area contributed by atoms with E-state index in [1.54, 1.807) is 6.07 Å². The zero-order chi connectivity index (χ0) is 14.9. The summed E-state index contributed by atoms with van der Waals surface area (Å²) in [5.41, 5.74) is 2.18. The van der Waals surface area contributed by atoms with Crippen LogP contribution in [0.2, 0.25) is 0 Å². The van der Waals surface area contributed by atoms with Gasteiger partial charge >= 0.3 is 0 Å². The molecule has 1 aliphatic carbocycles. The van der Waals surface area contributed by atoms with Crippen molar-refractivity contribution in [2.75, 3.05) is 11.9 Å². The molecule has 0 radical (unpaired) electrons. The molecule has 0 bridgehead atoms. The van der Waals surface area contributed by atoms with Crippen LogP contribution in [0.5, 0.6) is 0 Å². The van der Waals surface area contributed by atoms with Gasteiger partial charge in [-0.1, -0.05) is 12.8 Å². The largest absolute Gasteiger partial charge is 0.385 e. The zero-order valence-corrected chi connectivity index (χ0v) is 13.4. The Hall–Kier alpha value is -1.07. The van der Waals surface area contributed by atoms with E-state index in [-0.39, 0.29) is 6.04 Å². The molecule has 0 aromatic heterocycles. The van der Waals surface area contributed by atoms with Crippen molar-refractivity contribution in [1.82, 2.24) is 4.72 Å². The zero-order valence-electron chi connectivity index (χ0n) is 12.6. The molecular formula is C16H24N2O2S. The minimum Gasteiger partial charge on any atom is -0.385 e. The highest BCUT2D eigenvalue weighted by molar-refractivity contribution is 7.89. The summed E-state index contributed by atoms with van der Waals surface area (Å²) >= 11 is 0. The Morgan fingerprint density at radius 3 is 2.76 bits per heavy atom. The molecule has 2 aliphatic rings. The lowest BCUT2D eigenvalue weighted by atomic mass is 10.0. The third kappa shape index (κ3) is 3.24. The summed E-state index contributed by atoms with van der Waals surface area (Å²) in [6.45, 7) is 2.96. The first-order chi connectivity index (χ1) is 10.1. The molecule has 3 rings (SSSR count). The van der Waals surface area contributed by atoms with E-state index in [9.17, 15) is 8.42 Å². The summed E-state index contributed by atoms with van der Waals surface area (Å²) < 4.78 is 28.0. The highest BCUT2D eigenvalue weighted by Gasteiger charge is 2.26. The maximum Gasteiger partial charge on any atom is 0.240 e. The van der Waals surface area contributed by atoms with Crippen molar-refractivity contribution in [2.45, 2.75) is 56.4 Å². The molecule has 1 aromatic rings. The first-order valence-corrected chi connectivity index (χ1v) is 9.44. The van der Waals surface area contributed by atoms with Crippen molar-refractivity contribution in [1.29, 1.82) is 0 Å². The molecule has 1 atom stereocenters. The molecule has 21 heavy (non-hydrogen) atoms. The van der Waals surface area contributed by atoms with Crippen LogP contribution in [0.15, 0.2) is 23.1 Å². The van der Waals surface area contributed by atoms with Gasteiger partial charge in [0.25, 0.3) is 0 Å². The Bertz CT molecular complexity index is 607. The lowest BCUT2D eigenvalue weighted by Crippen LogP contribution is -2.37. The summed E-state index contributed by atoms with van der Waals surface area (Å²) in [5, 5.41) is 3.31. The number of hydrogen-bond acceptors (Lipinski definition) is 3. The minimum absolute atomic E-state index is 0.0201. The van der Waals surface area contributed by atoms with E-state index in [2.05, 4.69) is 10.0 Å². The van der Waals surface area contributed by atoms with Crippen molar-refractivity contribution in [3.63, 3.8) is 0 Å². The van der Waals surface area contributed by atoms with Crippen molar-refractivity contribution in [2.24, 2.45) is 5.92 Å². The third-order valence-corrected chi connectivity index (χ3v) is 6.33. The monoisotopic (exact) mass is 308 g/mol. The average molecular weight is 308 g/mol. The molecule has 1 aliphatic heterocycles. The number of aryl methyl sites for hydroxylation is 1. The van der Waals surface area contributed by atoms with Crippen LogP contribution in [0, 0.1) is 5.92 Å². The van der Waals surface area contributed by atoms with Gasteiger partial charge in [-0.2, -0.15) is 0 Å². The summed E-state index contributed by atoms with van der Waals surface area (Å²) in [6, 6.07) is 5.45. The topological polar surface area (TPSA) is 58.2 Å². The van der Waals surface area contributed by atoms with Crippen LogP contribution in [0.3, 0.4) is 0 Å². The molecule has 1 unspecified atom stereocenters. The van der Waals surface area contributed by atoms with E-state index >= 15 is 0 Å². The van der Waals surface area contributed by atoms with E-state index < -0.39 is 10.0 Å². The normalized spacial score (nSPS) is 20.8. The molecule has 1 fully saturated rings. The number of benzene rings is 1. The van der Waals surface area contributed by atoms with Crippen LogP contribution >= 0.6 is 0 Å². The lowest BCUT2D eigenvalue weighted by molar-refractivity contribution is 0.424. The Kier molecular flexibility index (Phi) is 4.22. The van der Waals surface area contributed by atoms with Gasteiger partial charge in [-0.05, 0) is 62.3 Å². The van der Waals surface area contributed by atoms with Crippen molar-refractivity contribution < 1.29 is 8.42 Å². The molecule has 1 heterocycles. The predicted octanol–water partition coefficient (Wildman–Crippen LogP) is 2.90. The van der Waals surface area contributed by atoms with Gasteiger partial charge in [0.1, 0.15) is 0 Å². The van der Waals surface area contributed by atoms with Crippen molar-refractivity contribution in [3.8, 4) is 0 Å². The maximum absolute atomic E-state index is 12.6. The second-order valence-corrected chi connectivity index (χ2v) is 8.02. The fraction of sp³-hybridized carbons (Fsp3) is 0.625. The summed E-state index contributed by atoms with van der Waals surface area (Å²) in [5.74, 6) is 0.485. The Morgan fingerprint density at radius 1 is 1.24 bits per heavy atom. The van der Waals surface area contributed by atoms with E-state index in [1.165, 1.54) is 12.8 Å². The number of sulfonamides is 1. The molecule has 5 heteroatoms. The van der Waals surface area contributed by atoms with Gasteiger partial charge in [0.05, 0.1) is 4.90 Å². The minimum atomic E-state index is -3.41. The molecule has 0 saturated heterocycles. The SMILES string of the molecule is CC(NS(=O)(=O)c1ccc2c(c1)CCCN2)C1CCCC1. The molecule has 1 saturated carbocycles. The molecule has 1 aromatic carbocycles. The average Bonchev–Trinajstić information content (AvgIpc) is 3.00. The Balaban J connectivity index is 1.77. The molecule has 0 spiro atoms. The second kappa shape index (κ2) is 5.97. The van der Waals surface area contributed by atoms with Gasteiger partial charge in [0.2, 0.25) is 10.0 Å². The smallest absolute Gasteiger partial charge is 0.240 e. The quantitative estimate of drug-likeness (QED) is 0.899. The highest BCUT2D eigenvalue weighted by atomic mass is 32.2. The van der Waals surface area contributed by atoms with Crippen molar-refractivity contribution >= 4 is 15.7 Å². The number of anilines is 1. The number of nitrogens with one attached hydrogen (secondary N) is 2. The molecular weight excluding hydrogens is 284 g/mol. The Labute approximate surface area is 127 Å². The van der Waals surface area contributed by atoms with Gasteiger partial charge < -0.3 is 5.32 Å². The Morgan fingerprint density at radius 2 is 2.00 bits per heavy atom. The van der Waals surface area contributed by atoms with Crippen LogP contribution in [-0.2, 0) is 16.4 Å². The van der Waals surface area contributed by atoms with E-state index in [0.29, 0.717) is 10.8 Å². The maximum atomic E-state index is 12.6. The first-order valence-electron chi connectivity index (χ1n) is 7.95. The third-order valence-electron chi connectivity index (χ3n) is 4.77. The number of rotatable bonds is 4. The number of hydrogen-bond donors (Lipinski definition) is 2. The molecule has 2 N–H and O–H groups in total. The van der Waals surface area contributed by atoms with Gasteiger partial charge in [0.15, 0.2) is 0 Å². The molecule has 0 amide bonds. The molecule has 4 nitrogen and oxygen atoms in total. The summed E-state index contributed by atoms with van der Waals surface area (Å²) in [7, 11) is -3.41. The van der Waals surface area contributed by atoms with Crippen LogP contribution in [0.1, 0.15) is 44.6 Å². The fourth-order valence-electron chi connectivity index (χ4n) is 3.48. The summed E-state index contributed by atoms with van der Waals surface area (Å²) in [6.07, 6.45) is 6.73. The summed E-state index contributed by atoms with van der Waals surface area (Å²) in [4.78, 5) is 0.398. The fourth-order valence-corrected chi connectivity index (χ4v) is 4.85. The van der Waals surface area contributed by atoms with E-state index in [0.717, 1.165) is 43.5 Å². The lowest BCUT2D eigenvalue weighted by Gasteiger charge is -2.22. The highest BCUT2D eigenvalue weighted by Crippen LogP contribution is 2.29. The predicted molar refractivity (Wildman–Crippen MR) is 85.0 cm³/mol. The van der Waals surface area contributed by atoms with Crippen LogP contribution in [0.4, 0.5) is 5.69 Å². The van der Waals surface area contributed by atoms with Crippen molar-refractivity contribution in [3.05, 3.63) is 23.8 Å². The van der Waals surface area contributed by atoms with Gasteiger partial charge in [-0.15, -0.1) is 0 Å². The molecule has 116 valence electrons.